The summed E-state index contributed by atoms with van der Waals surface area (Å²) in [5, 5.41) is 3.05. The molecule has 1 aliphatic carbocycles. The number of nitrogens with one attached hydrogen (secondary N) is 1. The zero-order chi connectivity index (χ0) is 12.5. The normalized spacial score (nSPS) is 16.9. The molecule has 1 fully saturated rings. The van der Waals surface area contributed by atoms with Gasteiger partial charge in [-0.1, -0.05) is 26.0 Å². The highest BCUT2D eigenvalue weighted by Crippen LogP contribution is 2.51. The van der Waals surface area contributed by atoms with Crippen LogP contribution in [-0.4, -0.2) is 12.5 Å². The zero-order valence-electron chi connectivity index (χ0n) is 10.3. The van der Waals surface area contributed by atoms with E-state index in [1.54, 1.807) is 0 Å². The first-order chi connectivity index (χ1) is 8.05. The number of carbonyl (C=O) groups excluding carboxylic acids is 1. The molecule has 0 radical (unpaired) electrons. The zero-order valence-corrected chi connectivity index (χ0v) is 11.9. The molecule has 0 bridgehead atoms. The second kappa shape index (κ2) is 4.81. The number of hydrogen-bond acceptors (Lipinski definition) is 1. The minimum Gasteiger partial charge on any atom is -0.351 e. The van der Waals surface area contributed by atoms with Crippen LogP contribution in [-0.2, 0) is 0 Å². The van der Waals surface area contributed by atoms with Crippen LogP contribution in [0.1, 0.15) is 37.0 Å². The quantitative estimate of drug-likeness (QED) is 0.903. The number of benzene rings is 1. The van der Waals surface area contributed by atoms with Gasteiger partial charge in [0.25, 0.3) is 5.91 Å². The second-order valence-electron chi connectivity index (χ2n) is 5.18. The third-order valence-electron chi connectivity index (χ3n) is 3.84. The van der Waals surface area contributed by atoms with Gasteiger partial charge in [-0.25, -0.2) is 0 Å². The maximum absolute atomic E-state index is 12.0. The van der Waals surface area contributed by atoms with Gasteiger partial charge in [-0.2, -0.15) is 0 Å². The van der Waals surface area contributed by atoms with Crippen LogP contribution in [0.3, 0.4) is 0 Å². The Morgan fingerprint density at radius 3 is 2.59 bits per heavy atom. The van der Waals surface area contributed by atoms with Crippen LogP contribution in [0.15, 0.2) is 28.7 Å². The lowest BCUT2D eigenvalue weighted by Gasteiger charge is -2.20. The largest absolute Gasteiger partial charge is 0.351 e. The molecular weight excluding hydrogens is 278 g/mol. The average Bonchev–Trinajstić information content (AvgIpc) is 3.07. The molecule has 3 heteroatoms. The molecule has 1 aliphatic rings. The van der Waals surface area contributed by atoms with Gasteiger partial charge in [-0.3, -0.25) is 4.79 Å². The minimum absolute atomic E-state index is 0.0180. The summed E-state index contributed by atoms with van der Waals surface area (Å²) in [7, 11) is 0. The molecule has 2 nitrogen and oxygen atoms in total. The van der Waals surface area contributed by atoms with E-state index < -0.39 is 0 Å². The molecule has 0 aliphatic heterocycles. The van der Waals surface area contributed by atoms with Gasteiger partial charge in [0.15, 0.2) is 0 Å². The Kier molecular flexibility index (Phi) is 3.57. The number of halogens is 1. The maximum Gasteiger partial charge on any atom is 0.252 e. The molecule has 2 rings (SSSR count). The molecule has 17 heavy (non-hydrogen) atoms. The van der Waals surface area contributed by atoms with E-state index in [2.05, 4.69) is 35.1 Å². The second-order valence-corrected chi connectivity index (χ2v) is 6.03. The Bertz CT molecular complexity index is 424. The molecule has 1 aromatic carbocycles. The highest BCUT2D eigenvalue weighted by molar-refractivity contribution is 9.10. The first-order valence-corrected chi connectivity index (χ1v) is 6.87. The molecular formula is C14H18BrNO. The molecule has 0 spiro atoms. The molecule has 0 aromatic heterocycles. The summed E-state index contributed by atoms with van der Waals surface area (Å²) >= 11 is 3.40. The fourth-order valence-electron chi connectivity index (χ4n) is 2.12. The van der Waals surface area contributed by atoms with Crippen LogP contribution in [0.4, 0.5) is 0 Å². The lowest BCUT2D eigenvalue weighted by Crippen LogP contribution is -2.32. The third-order valence-corrected chi connectivity index (χ3v) is 4.53. The van der Waals surface area contributed by atoms with Crippen molar-refractivity contribution in [3.05, 3.63) is 34.3 Å². The molecule has 1 aromatic rings. The van der Waals surface area contributed by atoms with Gasteiger partial charge >= 0.3 is 0 Å². The summed E-state index contributed by atoms with van der Waals surface area (Å²) in [5.41, 5.74) is 1.07. The standard InChI is InChI=1S/C14H18BrNO/c1-10(2)14(7-8-14)9-16-13(17)11-5-3-4-6-12(11)15/h3-6,10H,7-9H2,1-2H3,(H,16,17). The van der Waals surface area contributed by atoms with Crippen molar-refractivity contribution in [3.63, 3.8) is 0 Å². The lowest BCUT2D eigenvalue weighted by molar-refractivity contribution is 0.0939. The molecule has 92 valence electrons. The highest BCUT2D eigenvalue weighted by Gasteiger charge is 2.45. The van der Waals surface area contributed by atoms with E-state index in [-0.39, 0.29) is 5.91 Å². The van der Waals surface area contributed by atoms with Crippen molar-refractivity contribution in [2.75, 3.05) is 6.54 Å². The van der Waals surface area contributed by atoms with E-state index in [0.717, 1.165) is 11.0 Å². The summed E-state index contributed by atoms with van der Waals surface area (Å²) in [6, 6.07) is 7.53. The first-order valence-electron chi connectivity index (χ1n) is 6.08. The number of amides is 1. The van der Waals surface area contributed by atoms with Crippen molar-refractivity contribution < 1.29 is 4.79 Å². The van der Waals surface area contributed by atoms with Gasteiger partial charge in [-0.05, 0) is 52.2 Å². The van der Waals surface area contributed by atoms with E-state index in [0.29, 0.717) is 16.9 Å². The van der Waals surface area contributed by atoms with E-state index in [1.165, 1.54) is 12.8 Å². The number of rotatable bonds is 4. The SMILES string of the molecule is CC(C)C1(CNC(=O)c2ccccc2Br)CC1. The molecule has 1 N–H and O–H groups in total. The van der Waals surface area contributed by atoms with E-state index in [1.807, 2.05) is 24.3 Å². The van der Waals surface area contributed by atoms with Crippen molar-refractivity contribution in [1.29, 1.82) is 0 Å². The monoisotopic (exact) mass is 295 g/mol. The van der Waals surface area contributed by atoms with Crippen LogP contribution in [0.5, 0.6) is 0 Å². The molecule has 0 heterocycles. The predicted molar refractivity (Wildman–Crippen MR) is 73.0 cm³/mol. The van der Waals surface area contributed by atoms with Crippen molar-refractivity contribution in [2.45, 2.75) is 26.7 Å². The third kappa shape index (κ3) is 2.71. The van der Waals surface area contributed by atoms with E-state index in [4.69, 9.17) is 0 Å². The highest BCUT2D eigenvalue weighted by atomic mass is 79.9. The summed E-state index contributed by atoms with van der Waals surface area (Å²) in [5.74, 6) is 0.659. The maximum atomic E-state index is 12.0. The topological polar surface area (TPSA) is 29.1 Å². The van der Waals surface area contributed by atoms with Gasteiger partial charge in [0.05, 0.1) is 5.56 Å². The van der Waals surface area contributed by atoms with Gasteiger partial charge in [0.1, 0.15) is 0 Å². The van der Waals surface area contributed by atoms with Crippen LogP contribution in [0, 0.1) is 11.3 Å². The molecule has 0 atom stereocenters. The van der Waals surface area contributed by atoms with Gasteiger partial charge in [-0.15, -0.1) is 0 Å². The Labute approximate surface area is 111 Å². The van der Waals surface area contributed by atoms with Gasteiger partial charge in [0.2, 0.25) is 0 Å². The minimum atomic E-state index is 0.0180. The van der Waals surface area contributed by atoms with E-state index in [9.17, 15) is 4.79 Å². The van der Waals surface area contributed by atoms with Crippen LogP contribution in [0.25, 0.3) is 0 Å². The first kappa shape index (κ1) is 12.6. The van der Waals surface area contributed by atoms with Crippen molar-refractivity contribution in [3.8, 4) is 0 Å². The Balaban J connectivity index is 1.97. The molecule has 0 unspecified atom stereocenters. The Hall–Kier alpha value is -0.830. The lowest BCUT2D eigenvalue weighted by atomic mass is 9.92. The van der Waals surface area contributed by atoms with Crippen molar-refractivity contribution in [1.82, 2.24) is 5.32 Å². The summed E-state index contributed by atoms with van der Waals surface area (Å²) in [4.78, 5) is 12.0. The summed E-state index contributed by atoms with van der Waals surface area (Å²) in [6.45, 7) is 5.26. The van der Waals surface area contributed by atoms with Gasteiger partial charge < -0.3 is 5.32 Å². The van der Waals surface area contributed by atoms with Crippen molar-refractivity contribution >= 4 is 21.8 Å². The fourth-order valence-corrected chi connectivity index (χ4v) is 2.58. The number of hydrogen-bond donors (Lipinski definition) is 1. The molecule has 1 saturated carbocycles. The summed E-state index contributed by atoms with van der Waals surface area (Å²) < 4.78 is 0.854. The van der Waals surface area contributed by atoms with Crippen LogP contribution >= 0.6 is 15.9 Å². The van der Waals surface area contributed by atoms with Crippen molar-refractivity contribution in [2.24, 2.45) is 11.3 Å². The smallest absolute Gasteiger partial charge is 0.252 e. The van der Waals surface area contributed by atoms with E-state index >= 15 is 0 Å². The van der Waals surface area contributed by atoms with Gasteiger partial charge in [0, 0.05) is 11.0 Å². The molecule has 0 saturated heterocycles. The van der Waals surface area contributed by atoms with Crippen LogP contribution < -0.4 is 5.32 Å². The average molecular weight is 296 g/mol. The summed E-state index contributed by atoms with van der Waals surface area (Å²) in [6.07, 6.45) is 2.47. The predicted octanol–water partition coefficient (Wildman–Crippen LogP) is 3.62. The van der Waals surface area contributed by atoms with Crippen LogP contribution in [0.2, 0.25) is 0 Å². The number of carbonyl (C=O) groups is 1. The Morgan fingerprint density at radius 2 is 2.06 bits per heavy atom. The Morgan fingerprint density at radius 1 is 1.41 bits per heavy atom. The fraction of sp³-hybridized carbons (Fsp3) is 0.500. The molecule has 1 amide bonds.